The summed E-state index contributed by atoms with van der Waals surface area (Å²) in [6.45, 7) is 4.67. The molecule has 0 saturated carbocycles. The quantitative estimate of drug-likeness (QED) is 0.0243. The van der Waals surface area contributed by atoms with Gasteiger partial charge in [0, 0.05) is 6.42 Å². The van der Waals surface area contributed by atoms with Gasteiger partial charge in [0.15, 0.2) is 0 Å². The molecule has 0 spiro atoms. The molecule has 0 aromatic rings. The number of hydrogen-bond donors (Lipinski definition) is 3. The van der Waals surface area contributed by atoms with Gasteiger partial charge in [-0.15, -0.1) is 0 Å². The van der Waals surface area contributed by atoms with Gasteiger partial charge in [0.25, 0.3) is 0 Å². The van der Waals surface area contributed by atoms with E-state index in [1.54, 1.807) is 6.08 Å². The molecule has 0 aromatic carbocycles. The first-order chi connectivity index (χ1) is 31.5. The molecule has 65 heavy (non-hydrogen) atoms. The van der Waals surface area contributed by atoms with Gasteiger partial charge in [-0.25, -0.2) is 4.57 Å². The first kappa shape index (κ1) is 62.7. The topological polar surface area (TPSA) is 105 Å². The van der Waals surface area contributed by atoms with E-state index < -0.39 is 20.0 Å². The van der Waals surface area contributed by atoms with Crippen LogP contribution in [0.25, 0.3) is 0 Å². The zero-order chi connectivity index (χ0) is 47.8. The minimum atomic E-state index is -4.36. The molecule has 0 bridgehead atoms. The third-order valence-electron chi connectivity index (χ3n) is 11.3. The Morgan fingerprint density at radius 2 is 0.938 bits per heavy atom. The highest BCUT2D eigenvalue weighted by Gasteiger charge is 2.27. The Morgan fingerprint density at radius 3 is 1.42 bits per heavy atom. The molecular formula is C56H102N2O6P+. The molecule has 0 rings (SSSR count). The molecule has 3 atom stereocenters. The van der Waals surface area contributed by atoms with Gasteiger partial charge in [-0.05, 0) is 77.0 Å². The van der Waals surface area contributed by atoms with Crippen molar-refractivity contribution in [3.8, 4) is 0 Å². The van der Waals surface area contributed by atoms with E-state index in [4.69, 9.17) is 9.05 Å². The summed E-state index contributed by atoms with van der Waals surface area (Å²) in [5.74, 6) is -0.196. The number of aliphatic hydroxyl groups is 1. The van der Waals surface area contributed by atoms with Crippen molar-refractivity contribution in [1.29, 1.82) is 0 Å². The Hall–Kier alpha value is -2.32. The molecule has 3 unspecified atom stereocenters. The zero-order valence-electron chi connectivity index (χ0n) is 42.7. The molecule has 9 heteroatoms. The standard InChI is InChI=1S/C56H101N2O6P/c1-6-8-10-12-14-16-18-20-22-24-26-27-28-29-30-31-32-34-36-38-40-42-44-46-48-50-56(60)57-54(53-64-65(61,62)63-52-51-58(3,4)5)55(59)49-47-45-43-41-39-37-35-33-25-23-21-19-17-15-13-11-9-7-2/h8,10,14,16,20,22,26-27,29-30,39,41,47,49,54-55,59H,6-7,9,11-13,15,17-19,21,23-25,28,31-38,40,42-46,48,50-53H2,1-5H3,(H-,57,60,61,62)/p+1/b10-8-,16-14-,22-20-,27-26-,30-29-,41-39+,49-47+. The van der Waals surface area contributed by atoms with Crippen molar-refractivity contribution in [3.05, 3.63) is 85.1 Å². The van der Waals surface area contributed by atoms with Crippen molar-refractivity contribution in [2.75, 3.05) is 40.9 Å². The highest BCUT2D eigenvalue weighted by Crippen LogP contribution is 2.43. The normalized spacial score (nSPS) is 14.8. The fraction of sp³-hybridized carbons (Fsp3) is 0.732. The average Bonchev–Trinajstić information content (AvgIpc) is 3.26. The molecule has 0 heterocycles. The minimum absolute atomic E-state index is 0.0510. The Bertz CT molecular complexity index is 1330. The number of allylic oxidation sites excluding steroid dienone is 13. The molecule has 0 aliphatic heterocycles. The number of nitrogens with one attached hydrogen (secondary N) is 1. The summed E-state index contributed by atoms with van der Waals surface area (Å²) in [4.78, 5) is 23.2. The molecule has 8 nitrogen and oxygen atoms in total. The van der Waals surface area contributed by atoms with Crippen LogP contribution in [0.3, 0.4) is 0 Å². The third-order valence-corrected chi connectivity index (χ3v) is 12.3. The molecular weight excluding hydrogens is 828 g/mol. The van der Waals surface area contributed by atoms with Gasteiger partial charge in [-0.3, -0.25) is 13.8 Å². The van der Waals surface area contributed by atoms with Gasteiger partial charge in [-0.1, -0.05) is 214 Å². The number of rotatable bonds is 47. The summed E-state index contributed by atoms with van der Waals surface area (Å²) in [6, 6.07) is -0.872. The number of nitrogens with zero attached hydrogens (tertiary/aromatic N) is 1. The Labute approximate surface area is 401 Å². The van der Waals surface area contributed by atoms with Crippen molar-refractivity contribution >= 4 is 13.7 Å². The number of carbonyl (C=O) groups excluding carboxylic acids is 1. The van der Waals surface area contributed by atoms with Crippen molar-refractivity contribution in [1.82, 2.24) is 5.32 Å². The Balaban J connectivity index is 4.34. The summed E-state index contributed by atoms with van der Waals surface area (Å²) in [7, 11) is 1.54. The number of hydrogen-bond acceptors (Lipinski definition) is 5. The number of aliphatic hydroxyl groups excluding tert-OH is 1. The van der Waals surface area contributed by atoms with Crippen LogP contribution in [-0.4, -0.2) is 73.4 Å². The van der Waals surface area contributed by atoms with E-state index in [9.17, 15) is 19.4 Å². The lowest BCUT2D eigenvalue weighted by Crippen LogP contribution is -2.45. The maximum Gasteiger partial charge on any atom is 0.472 e. The second-order valence-corrected chi connectivity index (χ2v) is 20.3. The summed E-state index contributed by atoms with van der Waals surface area (Å²) in [5, 5.41) is 13.9. The van der Waals surface area contributed by atoms with Crippen molar-refractivity contribution < 1.29 is 32.9 Å². The van der Waals surface area contributed by atoms with Gasteiger partial charge >= 0.3 is 7.82 Å². The highest BCUT2D eigenvalue weighted by atomic mass is 31.2. The number of unbranched alkanes of at least 4 members (excludes halogenated alkanes) is 22. The molecule has 3 N–H and O–H groups in total. The number of phosphoric acid groups is 1. The van der Waals surface area contributed by atoms with Crippen LogP contribution < -0.4 is 5.32 Å². The van der Waals surface area contributed by atoms with Gasteiger partial charge in [-0.2, -0.15) is 0 Å². The number of amides is 1. The summed E-state index contributed by atoms with van der Waals surface area (Å²) >= 11 is 0. The lowest BCUT2D eigenvalue weighted by molar-refractivity contribution is -0.870. The zero-order valence-corrected chi connectivity index (χ0v) is 43.6. The smallest absolute Gasteiger partial charge is 0.387 e. The van der Waals surface area contributed by atoms with Crippen molar-refractivity contribution in [2.24, 2.45) is 0 Å². The van der Waals surface area contributed by atoms with Crippen LogP contribution in [0.2, 0.25) is 0 Å². The van der Waals surface area contributed by atoms with Crippen molar-refractivity contribution in [3.63, 3.8) is 0 Å². The lowest BCUT2D eigenvalue weighted by Gasteiger charge is -2.25. The predicted molar refractivity (Wildman–Crippen MR) is 281 cm³/mol. The Morgan fingerprint density at radius 1 is 0.538 bits per heavy atom. The second kappa shape index (κ2) is 46.8. The van der Waals surface area contributed by atoms with Crippen LogP contribution in [0.5, 0.6) is 0 Å². The Kier molecular flexibility index (Phi) is 45.1. The molecule has 0 aliphatic carbocycles. The van der Waals surface area contributed by atoms with E-state index in [-0.39, 0.29) is 19.1 Å². The molecule has 0 radical (unpaired) electrons. The average molecular weight is 930 g/mol. The number of phosphoric ester groups is 1. The fourth-order valence-corrected chi connectivity index (χ4v) is 7.94. The number of likely N-dealkylation sites (N-methyl/N-ethyl adjacent to an activating group) is 1. The van der Waals surface area contributed by atoms with Crippen molar-refractivity contribution in [2.45, 2.75) is 225 Å². The SMILES string of the molecule is CC/C=C\C/C=C\C/C=C\C/C=C\C/C=C\CCCCCCCCCCCC(=O)NC(COP(=O)(O)OCC[N+](C)(C)C)C(O)/C=C/CC/C=C/CCCCCCCCCCCCCC. The van der Waals surface area contributed by atoms with Crippen LogP contribution in [0, 0.1) is 0 Å². The fourth-order valence-electron chi connectivity index (χ4n) is 7.20. The molecule has 376 valence electrons. The maximum absolute atomic E-state index is 12.9. The van der Waals surface area contributed by atoms with E-state index in [0.717, 1.165) is 77.0 Å². The van der Waals surface area contributed by atoms with Gasteiger partial charge in [0.05, 0.1) is 39.9 Å². The van der Waals surface area contributed by atoms with Crippen LogP contribution in [-0.2, 0) is 18.4 Å². The van der Waals surface area contributed by atoms with Crippen LogP contribution in [0.4, 0.5) is 0 Å². The van der Waals surface area contributed by atoms with Gasteiger partial charge < -0.3 is 19.8 Å². The van der Waals surface area contributed by atoms with Gasteiger partial charge in [0.2, 0.25) is 5.91 Å². The van der Waals surface area contributed by atoms with E-state index in [1.807, 2.05) is 27.2 Å². The highest BCUT2D eigenvalue weighted by molar-refractivity contribution is 7.47. The number of carbonyl (C=O) groups is 1. The maximum atomic E-state index is 12.9. The molecule has 0 aromatic heterocycles. The first-order valence-electron chi connectivity index (χ1n) is 26.5. The third kappa shape index (κ3) is 49.4. The molecule has 0 aliphatic rings. The molecule has 1 amide bonds. The van der Waals surface area contributed by atoms with Crippen LogP contribution in [0.15, 0.2) is 85.1 Å². The largest absolute Gasteiger partial charge is 0.472 e. The van der Waals surface area contributed by atoms with Crippen LogP contribution >= 0.6 is 7.82 Å². The minimum Gasteiger partial charge on any atom is -0.387 e. The first-order valence-corrected chi connectivity index (χ1v) is 28.0. The monoisotopic (exact) mass is 930 g/mol. The van der Waals surface area contributed by atoms with E-state index in [0.29, 0.717) is 17.4 Å². The summed E-state index contributed by atoms with van der Waals surface area (Å²) in [6.07, 6.45) is 65.2. The van der Waals surface area contributed by atoms with Crippen LogP contribution in [0.1, 0.15) is 213 Å². The summed E-state index contributed by atoms with van der Waals surface area (Å²) < 4.78 is 23.6. The van der Waals surface area contributed by atoms with Gasteiger partial charge in [0.1, 0.15) is 13.2 Å². The number of quaternary nitrogens is 1. The molecule has 0 fully saturated rings. The van der Waals surface area contributed by atoms with E-state index >= 15 is 0 Å². The van der Waals surface area contributed by atoms with E-state index in [2.05, 4.69) is 92.1 Å². The van der Waals surface area contributed by atoms with E-state index in [1.165, 1.54) is 116 Å². The second-order valence-electron chi connectivity index (χ2n) is 18.9. The predicted octanol–water partition coefficient (Wildman–Crippen LogP) is 15.7. The lowest BCUT2D eigenvalue weighted by atomic mass is 10.0. The molecule has 0 saturated heterocycles. The summed E-state index contributed by atoms with van der Waals surface area (Å²) in [5.41, 5.74) is 0.